The van der Waals surface area contributed by atoms with Crippen molar-refractivity contribution in [2.75, 3.05) is 24.8 Å². The zero-order valence-electron chi connectivity index (χ0n) is 16.9. The molecule has 0 aliphatic heterocycles. The van der Waals surface area contributed by atoms with Crippen LogP contribution >= 0.6 is 23.4 Å². The number of alkyl halides is 3. The molecule has 1 N–H and O–H groups in total. The van der Waals surface area contributed by atoms with Gasteiger partial charge in [0.25, 0.3) is 5.56 Å². The third-order valence-corrected chi connectivity index (χ3v) is 5.65. The van der Waals surface area contributed by atoms with E-state index in [0.29, 0.717) is 40.7 Å². The Labute approximate surface area is 190 Å². The first-order valence-corrected chi connectivity index (χ1v) is 10.8. The van der Waals surface area contributed by atoms with Crippen LogP contribution in [0.4, 0.5) is 18.9 Å². The molecule has 0 saturated carbocycles. The molecule has 0 atom stereocenters. The van der Waals surface area contributed by atoms with Crippen molar-refractivity contribution in [2.45, 2.75) is 24.3 Å². The first-order chi connectivity index (χ1) is 15.2. The number of nitrogens with zero attached hydrogens (tertiary/aromatic N) is 2. The number of fused-ring (bicyclic) bond motifs is 1. The number of carbonyl (C=O) groups excluding carboxylic acids is 1. The van der Waals surface area contributed by atoms with Crippen LogP contribution in [0.25, 0.3) is 10.9 Å². The molecule has 2 aromatic carbocycles. The van der Waals surface area contributed by atoms with Crippen molar-refractivity contribution >= 4 is 45.9 Å². The van der Waals surface area contributed by atoms with Crippen LogP contribution in [0.3, 0.4) is 0 Å². The lowest BCUT2D eigenvalue weighted by atomic mass is 10.2. The van der Waals surface area contributed by atoms with Crippen LogP contribution in [0.1, 0.15) is 12.0 Å². The van der Waals surface area contributed by atoms with Gasteiger partial charge in [-0.1, -0.05) is 23.4 Å². The molecule has 1 amide bonds. The highest BCUT2D eigenvalue weighted by Gasteiger charge is 2.30. The molecule has 1 aromatic heterocycles. The Kier molecular flexibility index (Phi) is 7.81. The summed E-state index contributed by atoms with van der Waals surface area (Å²) in [6, 6.07) is 8.94. The Balaban J connectivity index is 1.77. The minimum atomic E-state index is -4.45. The van der Waals surface area contributed by atoms with Gasteiger partial charge in [-0.05, 0) is 48.9 Å². The van der Waals surface area contributed by atoms with Gasteiger partial charge in [0.15, 0.2) is 5.16 Å². The standard InChI is InChI=1S/C21H19ClF3N3O3S/c1-31-10-2-9-28-19(30)16-8-5-14(22)11-17(16)27-20(28)32-12-18(29)26-15-6-3-13(4-7-15)21(23,24)25/h3-8,11H,2,9-10,12H2,1H3,(H,26,29). The summed E-state index contributed by atoms with van der Waals surface area (Å²) in [6.07, 6.45) is -3.88. The predicted molar refractivity (Wildman–Crippen MR) is 118 cm³/mol. The van der Waals surface area contributed by atoms with E-state index in [9.17, 15) is 22.8 Å². The van der Waals surface area contributed by atoms with Crippen molar-refractivity contribution in [3.8, 4) is 0 Å². The smallest absolute Gasteiger partial charge is 0.385 e. The van der Waals surface area contributed by atoms with Crippen molar-refractivity contribution in [1.82, 2.24) is 9.55 Å². The first-order valence-electron chi connectivity index (χ1n) is 9.48. The van der Waals surface area contributed by atoms with Crippen LogP contribution < -0.4 is 10.9 Å². The molecule has 32 heavy (non-hydrogen) atoms. The van der Waals surface area contributed by atoms with Crippen LogP contribution in [-0.4, -0.2) is 34.9 Å². The van der Waals surface area contributed by atoms with Crippen molar-refractivity contribution < 1.29 is 22.7 Å². The molecule has 0 fully saturated rings. The number of ether oxygens (including phenoxy) is 1. The number of benzene rings is 2. The molecule has 11 heteroatoms. The van der Waals surface area contributed by atoms with Gasteiger partial charge in [0.1, 0.15) is 0 Å². The molecular weight excluding hydrogens is 467 g/mol. The van der Waals surface area contributed by atoms with Crippen molar-refractivity contribution in [3.05, 3.63) is 63.4 Å². The van der Waals surface area contributed by atoms with Crippen molar-refractivity contribution in [1.29, 1.82) is 0 Å². The summed E-state index contributed by atoms with van der Waals surface area (Å²) in [6.45, 7) is 0.796. The molecule has 3 aromatic rings. The molecule has 0 saturated heterocycles. The van der Waals surface area contributed by atoms with Gasteiger partial charge in [-0.2, -0.15) is 13.2 Å². The number of thioether (sulfide) groups is 1. The average Bonchev–Trinajstić information content (AvgIpc) is 2.73. The van der Waals surface area contributed by atoms with E-state index in [-0.39, 0.29) is 17.0 Å². The Hall–Kier alpha value is -2.56. The van der Waals surface area contributed by atoms with Gasteiger partial charge in [0.2, 0.25) is 5.91 Å². The van der Waals surface area contributed by atoms with Gasteiger partial charge in [0.05, 0.1) is 22.2 Å². The fourth-order valence-electron chi connectivity index (χ4n) is 2.92. The lowest BCUT2D eigenvalue weighted by Crippen LogP contribution is -2.25. The maximum atomic E-state index is 12.9. The zero-order chi connectivity index (χ0) is 23.3. The fourth-order valence-corrected chi connectivity index (χ4v) is 3.91. The van der Waals surface area contributed by atoms with Gasteiger partial charge in [-0.25, -0.2) is 4.98 Å². The summed E-state index contributed by atoms with van der Waals surface area (Å²) in [5.41, 5.74) is -0.409. The van der Waals surface area contributed by atoms with E-state index in [1.807, 2.05) is 0 Å². The van der Waals surface area contributed by atoms with Gasteiger partial charge in [-0.15, -0.1) is 0 Å². The normalized spacial score (nSPS) is 11.7. The van der Waals surface area contributed by atoms with E-state index in [0.717, 1.165) is 23.9 Å². The highest BCUT2D eigenvalue weighted by atomic mass is 35.5. The predicted octanol–water partition coefficient (Wildman–Crippen LogP) is 4.84. The number of nitrogens with one attached hydrogen (secondary N) is 1. The zero-order valence-corrected chi connectivity index (χ0v) is 18.5. The lowest BCUT2D eigenvalue weighted by Gasteiger charge is -2.13. The first kappa shape index (κ1) is 24.1. The number of carbonyl (C=O) groups is 1. The van der Waals surface area contributed by atoms with E-state index < -0.39 is 17.6 Å². The second-order valence-corrected chi connectivity index (χ2v) is 8.15. The molecule has 1 heterocycles. The molecule has 0 spiro atoms. The SMILES string of the molecule is COCCCn1c(SCC(=O)Nc2ccc(C(F)(F)F)cc2)nc2cc(Cl)ccc2c1=O. The quantitative estimate of drug-likeness (QED) is 0.281. The summed E-state index contributed by atoms with van der Waals surface area (Å²) in [5, 5.41) is 3.71. The number of anilines is 1. The third-order valence-electron chi connectivity index (χ3n) is 4.44. The Bertz CT molecular complexity index is 1170. The summed E-state index contributed by atoms with van der Waals surface area (Å²) >= 11 is 7.07. The fraction of sp³-hybridized carbons (Fsp3) is 0.286. The van der Waals surface area contributed by atoms with E-state index >= 15 is 0 Å². The van der Waals surface area contributed by atoms with Crippen LogP contribution in [0.2, 0.25) is 5.02 Å². The van der Waals surface area contributed by atoms with Gasteiger partial charge in [0, 0.05) is 31.0 Å². The molecule has 3 rings (SSSR count). The Morgan fingerprint density at radius 1 is 1.22 bits per heavy atom. The number of aromatic nitrogens is 2. The average molecular weight is 486 g/mol. The number of rotatable bonds is 8. The topological polar surface area (TPSA) is 73.2 Å². The van der Waals surface area contributed by atoms with E-state index in [4.69, 9.17) is 16.3 Å². The third kappa shape index (κ3) is 6.02. The van der Waals surface area contributed by atoms with Crippen molar-refractivity contribution in [2.24, 2.45) is 0 Å². The maximum Gasteiger partial charge on any atom is 0.416 e. The summed E-state index contributed by atoms with van der Waals surface area (Å²) in [5.74, 6) is -0.539. The summed E-state index contributed by atoms with van der Waals surface area (Å²) in [4.78, 5) is 29.8. The number of halogens is 4. The monoisotopic (exact) mass is 485 g/mol. The molecule has 0 aliphatic rings. The molecular formula is C21H19ClF3N3O3S. The van der Waals surface area contributed by atoms with E-state index in [2.05, 4.69) is 10.3 Å². The maximum absolute atomic E-state index is 12.9. The number of hydrogen-bond acceptors (Lipinski definition) is 5. The molecule has 170 valence electrons. The molecule has 0 unspecified atom stereocenters. The lowest BCUT2D eigenvalue weighted by molar-refractivity contribution is -0.137. The number of methoxy groups -OCH3 is 1. The molecule has 0 aliphatic carbocycles. The second-order valence-electron chi connectivity index (χ2n) is 6.77. The van der Waals surface area contributed by atoms with Gasteiger partial charge < -0.3 is 10.1 Å². The highest BCUT2D eigenvalue weighted by molar-refractivity contribution is 7.99. The second kappa shape index (κ2) is 10.4. The minimum Gasteiger partial charge on any atom is -0.385 e. The van der Waals surface area contributed by atoms with Crippen LogP contribution in [0, 0.1) is 0 Å². The van der Waals surface area contributed by atoms with Crippen molar-refractivity contribution in [3.63, 3.8) is 0 Å². The van der Waals surface area contributed by atoms with E-state index in [1.54, 1.807) is 25.3 Å². The summed E-state index contributed by atoms with van der Waals surface area (Å²) in [7, 11) is 1.56. The Morgan fingerprint density at radius 3 is 2.59 bits per heavy atom. The molecule has 0 radical (unpaired) electrons. The van der Waals surface area contributed by atoms with Crippen LogP contribution in [-0.2, 0) is 22.3 Å². The minimum absolute atomic E-state index is 0.0934. The number of amides is 1. The molecule has 0 bridgehead atoms. The van der Waals surface area contributed by atoms with Gasteiger partial charge >= 0.3 is 6.18 Å². The van der Waals surface area contributed by atoms with E-state index in [1.165, 1.54) is 16.7 Å². The van der Waals surface area contributed by atoms with Crippen LogP contribution in [0.5, 0.6) is 0 Å². The highest BCUT2D eigenvalue weighted by Crippen LogP contribution is 2.30. The molecule has 6 nitrogen and oxygen atoms in total. The summed E-state index contributed by atoms with van der Waals surface area (Å²) < 4.78 is 44.5. The Morgan fingerprint density at radius 2 is 1.94 bits per heavy atom. The number of hydrogen-bond donors (Lipinski definition) is 1. The van der Waals surface area contributed by atoms with Gasteiger partial charge in [-0.3, -0.25) is 14.2 Å². The largest absolute Gasteiger partial charge is 0.416 e. The van der Waals surface area contributed by atoms with Crippen LogP contribution in [0.15, 0.2) is 52.4 Å².